The molecule has 178 valence electrons. The number of hydrogen-bond acceptors (Lipinski definition) is 7. The number of pyridine rings is 1. The van der Waals surface area contributed by atoms with Gasteiger partial charge in [0.1, 0.15) is 0 Å². The van der Waals surface area contributed by atoms with Crippen molar-refractivity contribution in [3.05, 3.63) is 81.8 Å². The molecule has 1 aromatic carbocycles. The predicted octanol–water partition coefficient (Wildman–Crippen LogP) is 1.02. The van der Waals surface area contributed by atoms with Gasteiger partial charge in [-0.2, -0.15) is 13.2 Å². The van der Waals surface area contributed by atoms with Crippen LogP contribution < -0.4 is 15.8 Å². The zero-order valence-corrected chi connectivity index (χ0v) is 18.4. The summed E-state index contributed by atoms with van der Waals surface area (Å²) in [5.74, 6) is 0.549. The van der Waals surface area contributed by atoms with Gasteiger partial charge >= 0.3 is 17.0 Å². The van der Waals surface area contributed by atoms with Crippen molar-refractivity contribution >= 4 is 21.3 Å². The second-order valence-electron chi connectivity index (χ2n) is 6.82. The Morgan fingerprint density at radius 2 is 1.44 bits per heavy atom. The number of hydrogen-bond donors (Lipinski definition) is 0. The highest BCUT2D eigenvalue weighted by Crippen LogP contribution is 2.22. The number of benzene rings is 1. The molecule has 0 spiro atoms. The van der Waals surface area contributed by atoms with Crippen molar-refractivity contribution in [1.29, 1.82) is 0 Å². The molecule has 3 heterocycles. The Balaban J connectivity index is 0.000000350. The van der Waals surface area contributed by atoms with E-state index in [1.54, 1.807) is 7.05 Å². The summed E-state index contributed by atoms with van der Waals surface area (Å²) < 4.78 is 63.1. The third kappa shape index (κ3) is 4.87. The first-order valence-electron chi connectivity index (χ1n) is 9.35. The molecule has 0 N–H and O–H groups in total. The van der Waals surface area contributed by atoms with Gasteiger partial charge in [-0.1, -0.05) is 36.4 Å². The van der Waals surface area contributed by atoms with E-state index in [1.807, 2.05) is 65.5 Å². The quantitative estimate of drug-likeness (QED) is 0.231. The highest BCUT2D eigenvalue weighted by Gasteiger charge is 2.37. The van der Waals surface area contributed by atoms with Gasteiger partial charge in [0.15, 0.2) is 21.3 Å². The highest BCUT2D eigenvalue weighted by molar-refractivity contribution is 7.86. The zero-order chi connectivity index (χ0) is 25.3. The predicted molar refractivity (Wildman–Crippen MR) is 113 cm³/mol. The summed E-state index contributed by atoms with van der Waals surface area (Å²) in [5, 5.41) is 0. The lowest BCUT2D eigenvalue weighted by Gasteiger charge is -2.08. The van der Waals surface area contributed by atoms with E-state index in [-0.39, 0.29) is 11.2 Å². The van der Waals surface area contributed by atoms with Gasteiger partial charge in [-0.25, -0.2) is 22.8 Å². The number of aryl methyl sites for hydroxylation is 1. The van der Waals surface area contributed by atoms with E-state index >= 15 is 0 Å². The van der Waals surface area contributed by atoms with Crippen molar-refractivity contribution in [1.82, 2.24) is 19.1 Å². The summed E-state index contributed by atoms with van der Waals surface area (Å²) >= 11 is 0. The minimum Gasteiger partial charge on any atom is -0.741 e. The van der Waals surface area contributed by atoms with Crippen LogP contribution in [0.1, 0.15) is 0 Å². The van der Waals surface area contributed by atoms with E-state index in [9.17, 15) is 22.8 Å². The monoisotopic (exact) mass is 495 g/mol. The van der Waals surface area contributed by atoms with Crippen LogP contribution in [0.25, 0.3) is 28.2 Å². The zero-order valence-electron chi connectivity index (χ0n) is 17.6. The molecule has 0 saturated carbocycles. The summed E-state index contributed by atoms with van der Waals surface area (Å²) in [6.45, 7) is 0. The first-order valence-corrected chi connectivity index (χ1v) is 10.8. The van der Waals surface area contributed by atoms with E-state index < -0.39 is 26.9 Å². The summed E-state index contributed by atoms with van der Waals surface area (Å²) in [6.07, 6.45) is 3.70. The van der Waals surface area contributed by atoms with Crippen LogP contribution in [0.15, 0.2) is 70.5 Å². The number of rotatable bonds is 2. The Bertz CT molecular complexity index is 1570. The number of aromatic nitrogens is 5. The molecule has 0 radical (unpaired) electrons. The maximum atomic E-state index is 12.6. The summed E-state index contributed by atoms with van der Waals surface area (Å²) in [4.78, 5) is 34.1. The normalized spacial score (nSPS) is 11.7. The van der Waals surface area contributed by atoms with Gasteiger partial charge in [0, 0.05) is 19.7 Å². The molecular formula is C20H16F3N5O5S. The van der Waals surface area contributed by atoms with Gasteiger partial charge in [0.05, 0.1) is 12.4 Å². The SMILES string of the molecule is Cn1c(=O)c2nc(-c3ccccc3)c(-[n+]3ccccc3)nc2n(C)c1=O.O=S(=O)([O-])C(F)(F)F. The molecule has 0 aliphatic rings. The number of fused-ring (bicyclic) bond motifs is 1. The van der Waals surface area contributed by atoms with Gasteiger partial charge < -0.3 is 4.55 Å². The van der Waals surface area contributed by atoms with Gasteiger partial charge in [0.2, 0.25) is 0 Å². The lowest BCUT2D eigenvalue weighted by Crippen LogP contribution is -2.39. The molecule has 3 aromatic heterocycles. The second kappa shape index (κ2) is 9.15. The maximum absolute atomic E-state index is 12.6. The molecule has 0 aliphatic heterocycles. The number of nitrogens with zero attached hydrogens (tertiary/aromatic N) is 5. The molecule has 4 aromatic rings. The van der Waals surface area contributed by atoms with Crippen molar-refractivity contribution in [2.75, 3.05) is 0 Å². The fourth-order valence-corrected chi connectivity index (χ4v) is 2.87. The molecule has 0 amide bonds. The summed E-state index contributed by atoms with van der Waals surface area (Å²) in [6, 6.07) is 15.2. The molecule has 14 heteroatoms. The molecule has 34 heavy (non-hydrogen) atoms. The minimum atomic E-state index is -6.09. The van der Waals surface area contributed by atoms with Gasteiger partial charge in [-0.05, 0) is 17.1 Å². The first kappa shape index (κ1) is 24.7. The van der Waals surface area contributed by atoms with Crippen LogP contribution in [0, 0.1) is 0 Å². The summed E-state index contributed by atoms with van der Waals surface area (Å²) in [7, 11) is -3.07. The van der Waals surface area contributed by atoms with Crippen molar-refractivity contribution in [2.24, 2.45) is 14.1 Å². The summed E-state index contributed by atoms with van der Waals surface area (Å²) in [5.41, 5.74) is -4.72. The van der Waals surface area contributed by atoms with Crippen LogP contribution in [0.4, 0.5) is 13.2 Å². The first-order chi connectivity index (χ1) is 15.8. The van der Waals surface area contributed by atoms with E-state index in [0.717, 1.165) is 10.1 Å². The number of halogens is 3. The maximum Gasteiger partial charge on any atom is 0.485 e. The van der Waals surface area contributed by atoms with Crippen LogP contribution in [0.2, 0.25) is 0 Å². The Kier molecular flexibility index (Phi) is 6.65. The van der Waals surface area contributed by atoms with E-state index in [4.69, 9.17) is 13.0 Å². The van der Waals surface area contributed by atoms with Gasteiger partial charge in [-0.15, -0.1) is 0 Å². The Hall–Kier alpha value is -3.91. The van der Waals surface area contributed by atoms with Crippen molar-refractivity contribution < 1.29 is 30.7 Å². The topological polar surface area (TPSA) is 131 Å². The van der Waals surface area contributed by atoms with Crippen LogP contribution >= 0.6 is 0 Å². The largest absolute Gasteiger partial charge is 0.741 e. The average Bonchev–Trinajstić information content (AvgIpc) is 2.81. The smallest absolute Gasteiger partial charge is 0.485 e. The van der Waals surface area contributed by atoms with E-state index in [2.05, 4.69) is 9.97 Å². The van der Waals surface area contributed by atoms with Gasteiger partial charge in [0.25, 0.3) is 11.2 Å². The van der Waals surface area contributed by atoms with Crippen LogP contribution in [0.5, 0.6) is 0 Å². The van der Waals surface area contributed by atoms with Crippen molar-refractivity contribution in [3.8, 4) is 17.1 Å². The van der Waals surface area contributed by atoms with Crippen LogP contribution in [-0.4, -0.2) is 37.6 Å². The fraction of sp³-hybridized carbons (Fsp3) is 0.150. The molecule has 4 rings (SSSR count). The Morgan fingerprint density at radius 3 is 1.97 bits per heavy atom. The third-order valence-electron chi connectivity index (χ3n) is 4.55. The fourth-order valence-electron chi connectivity index (χ4n) is 2.87. The molecule has 0 bridgehead atoms. The third-order valence-corrected chi connectivity index (χ3v) is 5.12. The lowest BCUT2D eigenvalue weighted by atomic mass is 10.1. The molecular weight excluding hydrogens is 479 g/mol. The molecule has 0 aliphatic carbocycles. The second-order valence-corrected chi connectivity index (χ2v) is 8.19. The standard InChI is InChI=1S/C19H16N5O2.CHF3O3S/c1-22-16-15(18(25)23(2)19(22)26)20-14(13-9-5-3-6-10-13)17(21-16)24-11-7-4-8-12-24;2-1(3,4)8(5,6)7/h3-12H,1-2H3;(H,5,6,7)/q+1;/p-1. The minimum absolute atomic E-state index is 0.161. The molecule has 0 fully saturated rings. The van der Waals surface area contributed by atoms with Crippen molar-refractivity contribution in [3.63, 3.8) is 0 Å². The van der Waals surface area contributed by atoms with Crippen LogP contribution in [-0.2, 0) is 24.2 Å². The average molecular weight is 495 g/mol. The lowest BCUT2D eigenvalue weighted by molar-refractivity contribution is -0.599. The van der Waals surface area contributed by atoms with Crippen molar-refractivity contribution in [2.45, 2.75) is 5.51 Å². The molecule has 0 unspecified atom stereocenters. The number of alkyl halides is 3. The van der Waals surface area contributed by atoms with E-state index in [1.165, 1.54) is 11.6 Å². The van der Waals surface area contributed by atoms with Gasteiger partial charge in [-0.3, -0.25) is 13.9 Å². The highest BCUT2D eigenvalue weighted by atomic mass is 32.2. The Labute approximate surface area is 190 Å². The van der Waals surface area contributed by atoms with Crippen LogP contribution in [0.3, 0.4) is 0 Å². The molecule has 10 nitrogen and oxygen atoms in total. The molecule has 0 saturated heterocycles. The molecule has 0 atom stereocenters. The Morgan fingerprint density at radius 1 is 0.912 bits per heavy atom. The van der Waals surface area contributed by atoms with E-state index in [0.29, 0.717) is 11.5 Å².